The molecule has 1 unspecified atom stereocenters. The number of pyridine rings is 1. The molecular weight excluding hydrogens is 368 g/mol. The number of halogens is 2. The number of benzene rings is 1. The third-order valence-corrected chi connectivity index (χ3v) is 5.31. The Morgan fingerprint density at radius 3 is 2.69 bits per heavy atom. The standard InChI is InChI=1S/C16H17F2N3O4S/c1-21(26(24,25)12-3-2-6-19-8-12)10-16(23)20-9-15(22)13-5-4-11(17)7-14(13)18/h2-8,15,22H,9-10H2,1H3,(H,20,23). The zero-order chi connectivity index (χ0) is 19.3. The number of rotatable bonds is 7. The van der Waals surface area contributed by atoms with E-state index in [0.717, 1.165) is 22.6 Å². The number of hydrogen-bond acceptors (Lipinski definition) is 5. The van der Waals surface area contributed by atoms with E-state index in [-0.39, 0.29) is 17.0 Å². The molecule has 2 N–H and O–H groups in total. The molecule has 0 saturated heterocycles. The fourth-order valence-corrected chi connectivity index (χ4v) is 3.21. The van der Waals surface area contributed by atoms with Crippen LogP contribution in [0.3, 0.4) is 0 Å². The van der Waals surface area contributed by atoms with Gasteiger partial charge in [0.05, 0.1) is 12.6 Å². The highest BCUT2D eigenvalue weighted by Gasteiger charge is 2.23. The predicted octanol–water partition coefficient (Wildman–Crippen LogP) is 0.830. The summed E-state index contributed by atoms with van der Waals surface area (Å²) in [4.78, 5) is 15.6. The van der Waals surface area contributed by atoms with E-state index in [9.17, 15) is 27.1 Å². The van der Waals surface area contributed by atoms with Crippen molar-refractivity contribution >= 4 is 15.9 Å². The molecule has 7 nitrogen and oxygen atoms in total. The summed E-state index contributed by atoms with van der Waals surface area (Å²) in [5.74, 6) is -2.42. The third-order valence-electron chi connectivity index (χ3n) is 3.52. The first-order valence-corrected chi connectivity index (χ1v) is 8.92. The second kappa shape index (κ2) is 8.30. The predicted molar refractivity (Wildman–Crippen MR) is 88.4 cm³/mol. The topological polar surface area (TPSA) is 99.6 Å². The van der Waals surface area contributed by atoms with Gasteiger partial charge < -0.3 is 10.4 Å². The van der Waals surface area contributed by atoms with Crippen LogP contribution in [0.4, 0.5) is 8.78 Å². The lowest BCUT2D eigenvalue weighted by Gasteiger charge is -2.18. The highest BCUT2D eigenvalue weighted by Crippen LogP contribution is 2.17. The molecule has 2 rings (SSSR count). The molecule has 0 radical (unpaired) electrons. The Morgan fingerprint density at radius 2 is 2.08 bits per heavy atom. The number of amides is 1. The highest BCUT2D eigenvalue weighted by molar-refractivity contribution is 7.89. The van der Waals surface area contributed by atoms with Gasteiger partial charge in [-0.25, -0.2) is 17.2 Å². The number of aliphatic hydroxyl groups excluding tert-OH is 1. The van der Waals surface area contributed by atoms with Crippen LogP contribution >= 0.6 is 0 Å². The maximum absolute atomic E-state index is 13.6. The molecule has 1 heterocycles. The molecule has 1 aromatic carbocycles. The van der Waals surface area contributed by atoms with Gasteiger partial charge in [0.25, 0.3) is 0 Å². The lowest BCUT2D eigenvalue weighted by molar-refractivity contribution is -0.121. The molecule has 0 aliphatic rings. The second-order valence-corrected chi connectivity index (χ2v) is 7.48. The SMILES string of the molecule is CN(CC(=O)NCC(O)c1ccc(F)cc1F)S(=O)(=O)c1cccnc1. The normalized spacial score (nSPS) is 12.8. The Morgan fingerprint density at radius 1 is 1.35 bits per heavy atom. The van der Waals surface area contributed by atoms with Crippen LogP contribution in [0.2, 0.25) is 0 Å². The molecule has 10 heteroatoms. The summed E-state index contributed by atoms with van der Waals surface area (Å²) in [7, 11) is -2.67. The van der Waals surface area contributed by atoms with E-state index >= 15 is 0 Å². The monoisotopic (exact) mass is 385 g/mol. The van der Waals surface area contributed by atoms with Crippen molar-refractivity contribution in [2.45, 2.75) is 11.0 Å². The molecule has 0 aliphatic carbocycles. The van der Waals surface area contributed by atoms with Crippen molar-refractivity contribution in [3.8, 4) is 0 Å². The maximum Gasteiger partial charge on any atom is 0.244 e. The number of nitrogens with zero attached hydrogens (tertiary/aromatic N) is 2. The third kappa shape index (κ3) is 4.81. The van der Waals surface area contributed by atoms with Crippen LogP contribution in [0.15, 0.2) is 47.6 Å². The molecule has 0 saturated carbocycles. The molecular formula is C16H17F2N3O4S. The van der Waals surface area contributed by atoms with Gasteiger partial charge in [-0.15, -0.1) is 0 Å². The van der Waals surface area contributed by atoms with Crippen molar-refractivity contribution in [3.05, 3.63) is 59.9 Å². The van der Waals surface area contributed by atoms with Crippen LogP contribution in [-0.4, -0.2) is 48.9 Å². The fourth-order valence-electron chi connectivity index (χ4n) is 2.11. The first-order valence-electron chi connectivity index (χ1n) is 7.48. The molecule has 0 fully saturated rings. The second-order valence-electron chi connectivity index (χ2n) is 5.44. The van der Waals surface area contributed by atoms with Gasteiger partial charge in [0.1, 0.15) is 16.5 Å². The minimum atomic E-state index is -3.89. The average molecular weight is 385 g/mol. The number of nitrogens with one attached hydrogen (secondary N) is 1. The van der Waals surface area contributed by atoms with E-state index in [1.807, 2.05) is 0 Å². The Hall–Kier alpha value is -2.43. The Bertz CT molecular complexity index is 878. The first-order chi connectivity index (χ1) is 12.2. The first kappa shape index (κ1) is 19.9. The lowest BCUT2D eigenvalue weighted by Crippen LogP contribution is -2.39. The van der Waals surface area contributed by atoms with Gasteiger partial charge in [-0.3, -0.25) is 9.78 Å². The largest absolute Gasteiger partial charge is 0.386 e. The quantitative estimate of drug-likeness (QED) is 0.736. The van der Waals surface area contributed by atoms with Gasteiger partial charge in [-0.2, -0.15) is 4.31 Å². The average Bonchev–Trinajstić information content (AvgIpc) is 2.60. The number of aromatic nitrogens is 1. The molecule has 1 atom stereocenters. The Kier molecular flexibility index (Phi) is 6.35. The molecule has 2 aromatic rings. The number of likely N-dealkylation sites (N-methyl/N-ethyl adjacent to an activating group) is 1. The van der Waals surface area contributed by atoms with Gasteiger partial charge in [0, 0.05) is 37.6 Å². The molecule has 140 valence electrons. The summed E-state index contributed by atoms with van der Waals surface area (Å²) in [6, 6.07) is 5.47. The van der Waals surface area contributed by atoms with E-state index in [1.54, 1.807) is 0 Å². The van der Waals surface area contributed by atoms with Crippen LogP contribution in [0.5, 0.6) is 0 Å². The van der Waals surface area contributed by atoms with Crippen molar-refractivity contribution in [1.29, 1.82) is 0 Å². The van der Waals surface area contributed by atoms with Crippen molar-refractivity contribution in [3.63, 3.8) is 0 Å². The lowest BCUT2D eigenvalue weighted by atomic mass is 10.1. The summed E-state index contributed by atoms with van der Waals surface area (Å²) < 4.78 is 51.8. The van der Waals surface area contributed by atoms with E-state index < -0.39 is 40.2 Å². The van der Waals surface area contributed by atoms with Crippen LogP contribution in [0.25, 0.3) is 0 Å². The van der Waals surface area contributed by atoms with E-state index in [1.165, 1.54) is 25.4 Å². The summed E-state index contributed by atoms with van der Waals surface area (Å²) in [5.41, 5.74) is -0.178. The minimum Gasteiger partial charge on any atom is -0.386 e. The number of aliphatic hydroxyl groups is 1. The summed E-state index contributed by atoms with van der Waals surface area (Å²) >= 11 is 0. The minimum absolute atomic E-state index is 0.0660. The molecule has 0 bridgehead atoms. The summed E-state index contributed by atoms with van der Waals surface area (Å²) in [5, 5.41) is 12.2. The number of carbonyl (C=O) groups excluding carboxylic acids is 1. The van der Waals surface area contributed by atoms with E-state index in [4.69, 9.17) is 0 Å². The summed E-state index contributed by atoms with van der Waals surface area (Å²) in [6.45, 7) is -0.863. The van der Waals surface area contributed by atoms with Crippen molar-refractivity contribution in [1.82, 2.24) is 14.6 Å². The number of carbonyl (C=O) groups is 1. The molecule has 0 aliphatic heterocycles. The van der Waals surface area contributed by atoms with Gasteiger partial charge in [-0.05, 0) is 18.2 Å². The Labute approximate surface area is 149 Å². The van der Waals surface area contributed by atoms with Gasteiger partial charge in [0.2, 0.25) is 15.9 Å². The number of sulfonamides is 1. The highest BCUT2D eigenvalue weighted by atomic mass is 32.2. The summed E-state index contributed by atoms with van der Waals surface area (Å²) in [6.07, 6.45) is 1.17. The van der Waals surface area contributed by atoms with Crippen LogP contribution in [0.1, 0.15) is 11.7 Å². The molecule has 1 aromatic heterocycles. The van der Waals surface area contributed by atoms with Crippen molar-refractivity contribution < 1.29 is 27.1 Å². The smallest absolute Gasteiger partial charge is 0.244 e. The van der Waals surface area contributed by atoms with E-state index in [2.05, 4.69) is 10.3 Å². The molecule has 1 amide bonds. The van der Waals surface area contributed by atoms with Crippen LogP contribution in [-0.2, 0) is 14.8 Å². The fraction of sp³-hybridized carbons (Fsp3) is 0.250. The van der Waals surface area contributed by atoms with Crippen molar-refractivity contribution in [2.24, 2.45) is 0 Å². The van der Waals surface area contributed by atoms with Crippen molar-refractivity contribution in [2.75, 3.05) is 20.1 Å². The van der Waals surface area contributed by atoms with Gasteiger partial charge in [0.15, 0.2) is 0 Å². The van der Waals surface area contributed by atoms with Crippen LogP contribution < -0.4 is 5.32 Å². The molecule has 0 spiro atoms. The van der Waals surface area contributed by atoms with Gasteiger partial charge >= 0.3 is 0 Å². The Balaban J connectivity index is 1.94. The van der Waals surface area contributed by atoms with Gasteiger partial charge in [-0.1, -0.05) is 6.07 Å². The number of hydrogen-bond donors (Lipinski definition) is 2. The zero-order valence-corrected chi connectivity index (χ0v) is 14.6. The zero-order valence-electron chi connectivity index (χ0n) is 13.8. The van der Waals surface area contributed by atoms with Crippen LogP contribution in [0, 0.1) is 11.6 Å². The molecule has 26 heavy (non-hydrogen) atoms. The van der Waals surface area contributed by atoms with E-state index in [0.29, 0.717) is 6.07 Å². The maximum atomic E-state index is 13.6.